The molecule has 0 bridgehead atoms. The number of fused-ring (bicyclic) bond motifs is 1. The minimum absolute atomic E-state index is 0.0661. The van der Waals surface area contributed by atoms with Crippen LogP contribution in [-0.4, -0.2) is 11.6 Å². The Bertz CT molecular complexity index is 668. The van der Waals surface area contributed by atoms with Gasteiger partial charge in [-0.05, 0) is 32.0 Å². The van der Waals surface area contributed by atoms with Gasteiger partial charge in [-0.1, -0.05) is 36.4 Å². The average Bonchev–Trinajstić information content (AvgIpc) is 2.47. The number of carbonyl (C=O) groups excluding carboxylic acids is 1. The third-order valence-corrected chi connectivity index (χ3v) is 3.71. The minimum Gasteiger partial charge on any atom is -0.487 e. The van der Waals surface area contributed by atoms with Crippen LogP contribution in [0.4, 0.5) is 10.5 Å². The van der Waals surface area contributed by atoms with Crippen LogP contribution in [0, 0.1) is 0 Å². The number of hydrogen-bond donors (Lipinski definition) is 2. The second-order valence-corrected chi connectivity index (χ2v) is 6.12. The first-order chi connectivity index (χ1) is 10.5. The molecule has 114 valence electrons. The van der Waals surface area contributed by atoms with Gasteiger partial charge in [0, 0.05) is 17.7 Å². The molecule has 0 fully saturated rings. The van der Waals surface area contributed by atoms with E-state index < -0.39 is 0 Å². The fourth-order valence-electron chi connectivity index (χ4n) is 2.78. The maximum atomic E-state index is 12.2. The first-order valence-corrected chi connectivity index (χ1v) is 7.44. The van der Waals surface area contributed by atoms with Gasteiger partial charge < -0.3 is 15.4 Å². The summed E-state index contributed by atoms with van der Waals surface area (Å²) in [7, 11) is 0. The molecule has 0 saturated heterocycles. The van der Waals surface area contributed by atoms with Crippen molar-refractivity contribution in [2.24, 2.45) is 0 Å². The molecule has 3 rings (SSSR count). The zero-order valence-electron chi connectivity index (χ0n) is 12.8. The number of benzene rings is 2. The second kappa shape index (κ2) is 5.72. The highest BCUT2D eigenvalue weighted by atomic mass is 16.5. The number of anilines is 1. The third kappa shape index (κ3) is 3.22. The highest BCUT2D eigenvalue weighted by Gasteiger charge is 2.34. The molecule has 2 aromatic carbocycles. The van der Waals surface area contributed by atoms with Gasteiger partial charge in [-0.2, -0.15) is 0 Å². The summed E-state index contributed by atoms with van der Waals surface area (Å²) in [5, 5.41) is 5.91. The van der Waals surface area contributed by atoms with E-state index in [0.717, 1.165) is 23.4 Å². The molecule has 2 aromatic rings. The van der Waals surface area contributed by atoms with Crippen molar-refractivity contribution in [3.8, 4) is 5.75 Å². The summed E-state index contributed by atoms with van der Waals surface area (Å²) in [5.41, 5.74) is 1.49. The summed E-state index contributed by atoms with van der Waals surface area (Å²) in [4.78, 5) is 12.2. The van der Waals surface area contributed by atoms with Gasteiger partial charge in [0.2, 0.25) is 0 Å². The summed E-state index contributed by atoms with van der Waals surface area (Å²) in [5.74, 6) is 0.837. The molecule has 0 saturated carbocycles. The molecule has 4 nitrogen and oxygen atoms in total. The number of nitrogens with one attached hydrogen (secondary N) is 2. The third-order valence-electron chi connectivity index (χ3n) is 3.71. The molecular formula is C18H20N2O2. The van der Waals surface area contributed by atoms with Crippen molar-refractivity contribution in [3.63, 3.8) is 0 Å². The van der Waals surface area contributed by atoms with Crippen LogP contribution in [0.1, 0.15) is 31.9 Å². The number of para-hydroxylation sites is 2. The van der Waals surface area contributed by atoms with Gasteiger partial charge in [0.05, 0.1) is 6.04 Å². The van der Waals surface area contributed by atoms with Crippen LogP contribution in [0.5, 0.6) is 5.75 Å². The molecule has 4 heteroatoms. The van der Waals surface area contributed by atoms with Crippen molar-refractivity contribution in [1.29, 1.82) is 0 Å². The number of ether oxygens (including phenoxy) is 1. The smallest absolute Gasteiger partial charge is 0.319 e. The van der Waals surface area contributed by atoms with Crippen molar-refractivity contribution < 1.29 is 9.53 Å². The number of hydrogen-bond acceptors (Lipinski definition) is 2. The van der Waals surface area contributed by atoms with E-state index in [4.69, 9.17) is 4.74 Å². The Labute approximate surface area is 130 Å². The van der Waals surface area contributed by atoms with Crippen LogP contribution >= 0.6 is 0 Å². The lowest BCUT2D eigenvalue weighted by molar-refractivity contribution is 0.0683. The monoisotopic (exact) mass is 296 g/mol. The summed E-state index contributed by atoms with van der Waals surface area (Å²) in [6.07, 6.45) is 0.728. The van der Waals surface area contributed by atoms with Crippen molar-refractivity contribution in [2.75, 3.05) is 5.32 Å². The maximum absolute atomic E-state index is 12.2. The summed E-state index contributed by atoms with van der Waals surface area (Å²) in [6.45, 7) is 4.07. The van der Waals surface area contributed by atoms with Gasteiger partial charge in [-0.25, -0.2) is 4.79 Å². The van der Waals surface area contributed by atoms with Crippen LogP contribution in [0.2, 0.25) is 0 Å². The van der Waals surface area contributed by atoms with Gasteiger partial charge in [0.15, 0.2) is 0 Å². The highest BCUT2D eigenvalue weighted by molar-refractivity contribution is 5.89. The minimum atomic E-state index is -0.307. The van der Waals surface area contributed by atoms with E-state index in [2.05, 4.69) is 10.6 Å². The quantitative estimate of drug-likeness (QED) is 0.876. The average molecular weight is 296 g/mol. The van der Waals surface area contributed by atoms with Crippen LogP contribution in [-0.2, 0) is 0 Å². The maximum Gasteiger partial charge on any atom is 0.319 e. The summed E-state index contributed by atoms with van der Waals surface area (Å²) in [6, 6.07) is 17.0. The normalized spacial score (nSPS) is 18.7. The molecule has 1 aliphatic heterocycles. The molecule has 0 unspecified atom stereocenters. The molecule has 1 aliphatic rings. The molecule has 22 heavy (non-hydrogen) atoms. The Morgan fingerprint density at radius 2 is 1.77 bits per heavy atom. The number of rotatable bonds is 2. The lowest BCUT2D eigenvalue weighted by Crippen LogP contribution is -2.42. The second-order valence-electron chi connectivity index (χ2n) is 6.12. The Kier molecular flexibility index (Phi) is 3.75. The van der Waals surface area contributed by atoms with E-state index in [1.54, 1.807) is 0 Å². The molecule has 2 amide bonds. The lowest BCUT2D eigenvalue weighted by atomic mass is 9.90. The predicted molar refractivity (Wildman–Crippen MR) is 87.1 cm³/mol. The van der Waals surface area contributed by atoms with Crippen LogP contribution in [0.15, 0.2) is 54.6 Å². The largest absolute Gasteiger partial charge is 0.487 e. The van der Waals surface area contributed by atoms with Gasteiger partial charge in [0.1, 0.15) is 11.4 Å². The van der Waals surface area contributed by atoms with E-state index in [9.17, 15) is 4.79 Å². The van der Waals surface area contributed by atoms with E-state index in [0.29, 0.717) is 0 Å². The highest BCUT2D eigenvalue weighted by Crippen LogP contribution is 2.39. The van der Waals surface area contributed by atoms with E-state index in [1.165, 1.54) is 0 Å². The molecule has 0 radical (unpaired) electrons. The fourth-order valence-corrected chi connectivity index (χ4v) is 2.78. The van der Waals surface area contributed by atoms with E-state index in [-0.39, 0.29) is 17.7 Å². The molecule has 0 spiro atoms. The molecule has 2 N–H and O–H groups in total. The number of urea groups is 1. The van der Waals surface area contributed by atoms with Gasteiger partial charge in [-0.15, -0.1) is 0 Å². The van der Waals surface area contributed by atoms with Crippen molar-refractivity contribution >= 4 is 11.7 Å². The van der Waals surface area contributed by atoms with Crippen LogP contribution in [0.3, 0.4) is 0 Å². The zero-order chi connectivity index (χ0) is 15.6. The first-order valence-electron chi connectivity index (χ1n) is 7.44. The van der Waals surface area contributed by atoms with Gasteiger partial charge in [0.25, 0.3) is 0 Å². The standard InChI is InChI=1S/C18H20N2O2/c1-18(2)12-15(14-10-6-7-11-16(14)22-18)20-17(21)19-13-8-4-3-5-9-13/h3-11,15H,12H2,1-2H3,(H2,19,20,21)/t15-/m0/s1. The van der Waals surface area contributed by atoms with Crippen LogP contribution in [0.25, 0.3) is 0 Å². The summed E-state index contributed by atoms with van der Waals surface area (Å²) >= 11 is 0. The molecule has 0 aliphatic carbocycles. The Hall–Kier alpha value is -2.49. The SMILES string of the molecule is CC1(C)C[C@H](NC(=O)Nc2ccccc2)c2ccccc2O1. The molecule has 1 heterocycles. The zero-order valence-corrected chi connectivity index (χ0v) is 12.8. The van der Waals surface area contributed by atoms with Crippen molar-refractivity contribution in [3.05, 3.63) is 60.2 Å². The Morgan fingerprint density at radius 3 is 2.55 bits per heavy atom. The topological polar surface area (TPSA) is 50.4 Å². The van der Waals surface area contributed by atoms with Gasteiger partial charge >= 0.3 is 6.03 Å². The van der Waals surface area contributed by atoms with E-state index in [1.807, 2.05) is 68.4 Å². The number of carbonyl (C=O) groups is 1. The molecular weight excluding hydrogens is 276 g/mol. The van der Waals surface area contributed by atoms with Gasteiger partial charge in [-0.3, -0.25) is 0 Å². The Morgan fingerprint density at radius 1 is 1.09 bits per heavy atom. The van der Waals surface area contributed by atoms with Crippen molar-refractivity contribution in [2.45, 2.75) is 31.9 Å². The molecule has 1 atom stereocenters. The predicted octanol–water partition coefficient (Wildman–Crippen LogP) is 4.11. The van der Waals surface area contributed by atoms with E-state index >= 15 is 0 Å². The lowest BCUT2D eigenvalue weighted by Gasteiger charge is -2.37. The van der Waals surface area contributed by atoms with Crippen molar-refractivity contribution in [1.82, 2.24) is 5.32 Å². The summed E-state index contributed by atoms with van der Waals surface area (Å²) < 4.78 is 5.98. The van der Waals surface area contributed by atoms with Crippen LogP contribution < -0.4 is 15.4 Å². The molecule has 0 aromatic heterocycles. The Balaban J connectivity index is 1.75. The first kappa shape index (κ1) is 14.4. The number of amides is 2. The fraction of sp³-hybridized carbons (Fsp3) is 0.278.